The molecule has 8 nitrogen and oxygen atoms in total. The average molecular weight is 552 g/mol. The summed E-state index contributed by atoms with van der Waals surface area (Å²) in [4.78, 5) is 8.89. The lowest BCUT2D eigenvalue weighted by Gasteiger charge is -2.20. The van der Waals surface area contributed by atoms with Gasteiger partial charge in [-0.05, 0) is 35.6 Å². The van der Waals surface area contributed by atoms with Crippen LogP contribution in [0.1, 0.15) is 48.6 Å². The van der Waals surface area contributed by atoms with Gasteiger partial charge < -0.3 is 19.5 Å². The first kappa shape index (κ1) is 26.1. The Balaban J connectivity index is 1.23. The van der Waals surface area contributed by atoms with E-state index in [0.29, 0.717) is 29.8 Å². The van der Waals surface area contributed by atoms with E-state index >= 15 is 4.39 Å². The van der Waals surface area contributed by atoms with Crippen LogP contribution in [0, 0.1) is 0 Å². The fraction of sp³-hybridized carbons (Fsp3) is 0.414. The fourth-order valence-electron chi connectivity index (χ4n) is 5.35. The van der Waals surface area contributed by atoms with Crippen molar-refractivity contribution in [1.82, 2.24) is 19.6 Å². The topological polar surface area (TPSA) is 82.8 Å². The van der Waals surface area contributed by atoms with Crippen LogP contribution in [0.4, 0.5) is 10.2 Å². The molecule has 39 heavy (non-hydrogen) atoms. The van der Waals surface area contributed by atoms with Gasteiger partial charge in [0.05, 0.1) is 31.7 Å². The maximum Gasteiger partial charge on any atom is 0.243 e. The minimum atomic E-state index is -1.47. The van der Waals surface area contributed by atoms with E-state index < -0.39 is 24.5 Å². The fourth-order valence-corrected chi connectivity index (χ4v) is 5.51. The maximum atomic E-state index is 16.1. The second kappa shape index (κ2) is 12.0. The van der Waals surface area contributed by atoms with Crippen molar-refractivity contribution in [3.63, 3.8) is 0 Å². The first-order chi connectivity index (χ1) is 19.2. The lowest BCUT2D eigenvalue weighted by molar-refractivity contribution is -0.0742. The van der Waals surface area contributed by atoms with Crippen LogP contribution in [-0.2, 0) is 27.4 Å². The summed E-state index contributed by atoms with van der Waals surface area (Å²) in [6.07, 6.45) is 2.14. The van der Waals surface area contributed by atoms with Crippen molar-refractivity contribution in [3.8, 4) is 0 Å². The normalized spacial score (nSPS) is 23.5. The number of hydrogen-bond donors (Lipinski definition) is 1. The number of fused-ring (bicyclic) bond motifs is 1. The largest absolute Gasteiger partial charge is 0.374 e. The van der Waals surface area contributed by atoms with Gasteiger partial charge in [-0.25, -0.2) is 13.9 Å². The zero-order chi connectivity index (χ0) is 26.6. The molecule has 2 aromatic heterocycles. The van der Waals surface area contributed by atoms with Crippen molar-refractivity contribution in [1.29, 1.82) is 0 Å². The second-order valence-electron chi connectivity index (χ2n) is 10.1. The summed E-state index contributed by atoms with van der Waals surface area (Å²) in [6, 6.07) is 19.8. The number of ether oxygens (including phenoxy) is 3. The molecule has 0 bridgehead atoms. The monoisotopic (exact) mass is 551 g/mol. The minimum absolute atomic E-state index is 0.0512. The molecule has 0 spiro atoms. The standard InChI is InChI=1S/C29H31ClFN5O3/c30-29-34-27(33-21-13-7-8-14-21)28-32-15-22(36(28)35-29)25-24(31)26(38-17-20-11-5-2-6-12-20)23(39-25)18-37-16-19-9-3-1-4-10-19/h1-6,9-12,15,21,23-26H,7-8,13-14,16-18H2,(H,33,34,35)/t23-,24-,25?,26-/m1/s1. The molecule has 4 atom stereocenters. The van der Waals surface area contributed by atoms with Crippen LogP contribution in [0.5, 0.6) is 0 Å². The maximum absolute atomic E-state index is 16.1. The van der Waals surface area contributed by atoms with E-state index in [1.54, 1.807) is 6.20 Å². The molecule has 10 heteroatoms. The number of halogens is 2. The second-order valence-corrected chi connectivity index (χ2v) is 10.4. The molecule has 6 rings (SSSR count). The van der Waals surface area contributed by atoms with Gasteiger partial charge in [0.25, 0.3) is 0 Å². The SMILES string of the molecule is F[C@@H]1C(c2cnc3c(NC4CCCC4)nc(Cl)nn23)O[C@H](COCc2ccccc2)[C@H]1OCc1ccccc1. The Morgan fingerprint density at radius 1 is 1.00 bits per heavy atom. The average Bonchev–Trinajstić information content (AvgIpc) is 3.69. The lowest BCUT2D eigenvalue weighted by atomic mass is 10.1. The summed E-state index contributed by atoms with van der Waals surface area (Å²) >= 11 is 6.29. The zero-order valence-electron chi connectivity index (χ0n) is 21.5. The van der Waals surface area contributed by atoms with Crippen LogP contribution >= 0.6 is 11.6 Å². The number of benzene rings is 2. The van der Waals surface area contributed by atoms with E-state index in [1.807, 2.05) is 60.7 Å². The van der Waals surface area contributed by atoms with Gasteiger partial charge in [0.15, 0.2) is 17.6 Å². The van der Waals surface area contributed by atoms with E-state index in [2.05, 4.69) is 20.4 Å². The number of rotatable bonds is 10. The third-order valence-corrected chi connectivity index (χ3v) is 7.48. The minimum Gasteiger partial charge on any atom is -0.374 e. The van der Waals surface area contributed by atoms with E-state index in [9.17, 15) is 0 Å². The molecule has 204 valence electrons. The van der Waals surface area contributed by atoms with E-state index in [4.69, 9.17) is 25.8 Å². The van der Waals surface area contributed by atoms with E-state index in [-0.39, 0.29) is 18.5 Å². The first-order valence-electron chi connectivity index (χ1n) is 13.4. The Morgan fingerprint density at radius 3 is 2.41 bits per heavy atom. The van der Waals surface area contributed by atoms with Gasteiger partial charge in [-0.1, -0.05) is 73.5 Å². The van der Waals surface area contributed by atoms with Crippen LogP contribution in [0.3, 0.4) is 0 Å². The number of anilines is 1. The third kappa shape index (κ3) is 5.91. The van der Waals surface area contributed by atoms with Crippen LogP contribution in [0.25, 0.3) is 5.65 Å². The summed E-state index contributed by atoms with van der Waals surface area (Å²) in [6.45, 7) is 0.822. The quantitative estimate of drug-likeness (QED) is 0.270. The Bertz CT molecular complexity index is 1370. The molecule has 1 aliphatic heterocycles. The Hall–Kier alpha value is -3.11. The smallest absolute Gasteiger partial charge is 0.243 e. The van der Waals surface area contributed by atoms with Gasteiger partial charge in [-0.15, -0.1) is 5.10 Å². The molecule has 4 aromatic rings. The van der Waals surface area contributed by atoms with Crippen molar-refractivity contribution in [2.24, 2.45) is 0 Å². The van der Waals surface area contributed by atoms with Crippen LogP contribution in [0.15, 0.2) is 66.9 Å². The Kier molecular flexibility index (Phi) is 8.01. The molecule has 2 aromatic carbocycles. The summed E-state index contributed by atoms with van der Waals surface area (Å²) in [5.41, 5.74) is 2.92. The van der Waals surface area contributed by atoms with Crippen LogP contribution in [-0.4, -0.2) is 50.6 Å². The predicted octanol–water partition coefficient (Wildman–Crippen LogP) is 5.71. The third-order valence-electron chi connectivity index (χ3n) is 7.32. The molecule has 1 unspecified atom stereocenters. The van der Waals surface area contributed by atoms with Crippen molar-refractivity contribution in [2.45, 2.75) is 69.4 Å². The van der Waals surface area contributed by atoms with E-state index in [1.165, 1.54) is 17.4 Å². The number of nitrogens with zero attached hydrogens (tertiary/aromatic N) is 4. The number of nitrogens with one attached hydrogen (secondary N) is 1. The summed E-state index contributed by atoms with van der Waals surface area (Å²) < 4.78 is 36.0. The molecule has 2 fully saturated rings. The van der Waals surface area contributed by atoms with Crippen LogP contribution < -0.4 is 5.32 Å². The highest BCUT2D eigenvalue weighted by atomic mass is 35.5. The van der Waals surface area contributed by atoms with Gasteiger partial charge >= 0.3 is 0 Å². The highest BCUT2D eigenvalue weighted by molar-refractivity contribution is 6.28. The van der Waals surface area contributed by atoms with Crippen molar-refractivity contribution < 1.29 is 18.6 Å². The molecule has 0 radical (unpaired) electrons. The molecule has 1 aliphatic carbocycles. The summed E-state index contributed by atoms with van der Waals surface area (Å²) in [5.74, 6) is 0.543. The summed E-state index contributed by atoms with van der Waals surface area (Å²) in [7, 11) is 0. The molecule has 1 saturated carbocycles. The Morgan fingerprint density at radius 2 is 1.69 bits per heavy atom. The number of alkyl halides is 1. The molecule has 0 amide bonds. The zero-order valence-corrected chi connectivity index (χ0v) is 22.2. The lowest BCUT2D eigenvalue weighted by Crippen LogP contribution is -2.34. The van der Waals surface area contributed by atoms with Crippen molar-refractivity contribution >= 4 is 23.1 Å². The molecule has 3 heterocycles. The predicted molar refractivity (Wildman–Crippen MR) is 145 cm³/mol. The number of aromatic nitrogens is 4. The van der Waals surface area contributed by atoms with Gasteiger partial charge in [0.1, 0.15) is 18.3 Å². The van der Waals surface area contributed by atoms with Crippen molar-refractivity contribution in [3.05, 3.63) is 89.0 Å². The molecular formula is C29H31ClFN5O3. The molecule has 2 aliphatic rings. The highest BCUT2D eigenvalue weighted by Crippen LogP contribution is 2.39. The highest BCUT2D eigenvalue weighted by Gasteiger charge is 2.48. The van der Waals surface area contributed by atoms with Crippen molar-refractivity contribution in [2.75, 3.05) is 11.9 Å². The number of hydrogen-bond acceptors (Lipinski definition) is 7. The van der Waals surface area contributed by atoms with Gasteiger partial charge in [-0.3, -0.25) is 0 Å². The molecular weight excluding hydrogens is 521 g/mol. The van der Waals surface area contributed by atoms with Gasteiger partial charge in [0, 0.05) is 6.04 Å². The number of imidazole rings is 1. The summed E-state index contributed by atoms with van der Waals surface area (Å²) in [5, 5.41) is 7.84. The Labute approximate surface area is 231 Å². The van der Waals surface area contributed by atoms with E-state index in [0.717, 1.165) is 24.0 Å². The molecule has 1 N–H and O–H groups in total. The molecule has 1 saturated heterocycles. The van der Waals surface area contributed by atoms with Gasteiger partial charge in [0.2, 0.25) is 5.28 Å². The van der Waals surface area contributed by atoms with Gasteiger partial charge in [-0.2, -0.15) is 4.98 Å². The first-order valence-corrected chi connectivity index (χ1v) is 13.8. The van der Waals surface area contributed by atoms with Crippen LogP contribution in [0.2, 0.25) is 5.28 Å².